The number of carbonyl (C=O) groups excluding carboxylic acids is 2. The van der Waals surface area contributed by atoms with Crippen molar-refractivity contribution in [2.45, 2.75) is 19.9 Å². The quantitative estimate of drug-likeness (QED) is 0.235. The number of aryl methyl sites for hydroxylation is 1. The number of thiophene rings is 1. The molecule has 5 rings (SSSR count). The lowest BCUT2D eigenvalue weighted by atomic mass is 10.0. The van der Waals surface area contributed by atoms with E-state index in [0.29, 0.717) is 32.6 Å². The standard InChI is InChI=1S/C28H22N2O4S/c1-18-24-26(35-25(18)28(33)34-14-13-19-7-3-2-4-8-19)29-17-30(27(24)32)16-23(31)22-12-11-20-9-5-6-10-21(20)15-22/h2-12,15,17H,13-14,16H2,1H3. The van der Waals surface area contributed by atoms with E-state index in [-0.39, 0.29) is 24.5 Å². The molecule has 0 bridgehead atoms. The molecule has 2 aromatic heterocycles. The Morgan fingerprint density at radius 2 is 1.71 bits per heavy atom. The molecule has 0 aliphatic carbocycles. The summed E-state index contributed by atoms with van der Waals surface area (Å²) in [4.78, 5) is 44.0. The lowest BCUT2D eigenvalue weighted by Crippen LogP contribution is -2.24. The second-order valence-corrected chi connectivity index (χ2v) is 9.27. The van der Waals surface area contributed by atoms with Crippen molar-refractivity contribution in [2.75, 3.05) is 6.61 Å². The van der Waals surface area contributed by atoms with Gasteiger partial charge in [-0.2, -0.15) is 0 Å². The molecule has 0 radical (unpaired) electrons. The van der Waals surface area contributed by atoms with Gasteiger partial charge in [0.1, 0.15) is 9.71 Å². The number of ether oxygens (including phenoxy) is 1. The molecule has 5 aromatic rings. The summed E-state index contributed by atoms with van der Waals surface area (Å²) in [6, 6.07) is 23.0. The molecule has 0 aliphatic heterocycles. The van der Waals surface area contributed by atoms with Gasteiger partial charge in [-0.05, 0) is 34.9 Å². The van der Waals surface area contributed by atoms with Crippen LogP contribution in [0.5, 0.6) is 0 Å². The third-order valence-electron chi connectivity index (χ3n) is 5.95. The minimum absolute atomic E-state index is 0.133. The zero-order valence-electron chi connectivity index (χ0n) is 19.1. The number of Topliss-reactive ketones (excluding diaryl/α,β-unsaturated/α-hetero) is 1. The van der Waals surface area contributed by atoms with Gasteiger partial charge >= 0.3 is 5.97 Å². The number of carbonyl (C=O) groups is 2. The molecule has 0 spiro atoms. The summed E-state index contributed by atoms with van der Waals surface area (Å²) in [6.45, 7) is 1.83. The van der Waals surface area contributed by atoms with Crippen molar-refractivity contribution in [1.82, 2.24) is 9.55 Å². The van der Waals surface area contributed by atoms with Gasteiger partial charge in [0, 0.05) is 12.0 Å². The number of nitrogens with zero attached hydrogens (tertiary/aromatic N) is 2. The SMILES string of the molecule is Cc1c(C(=O)OCCc2ccccc2)sc2ncn(CC(=O)c3ccc4ccccc4c3)c(=O)c12. The van der Waals surface area contributed by atoms with Gasteiger partial charge in [-0.3, -0.25) is 14.2 Å². The van der Waals surface area contributed by atoms with Crippen LogP contribution in [-0.2, 0) is 17.7 Å². The van der Waals surface area contributed by atoms with Gasteiger partial charge in [0.15, 0.2) is 5.78 Å². The molecular weight excluding hydrogens is 460 g/mol. The molecule has 0 atom stereocenters. The fourth-order valence-electron chi connectivity index (χ4n) is 4.05. The fourth-order valence-corrected chi connectivity index (χ4v) is 5.08. The summed E-state index contributed by atoms with van der Waals surface area (Å²) in [5.41, 5.74) is 1.79. The van der Waals surface area contributed by atoms with Gasteiger partial charge in [0.05, 0.1) is 24.9 Å². The highest BCUT2D eigenvalue weighted by atomic mass is 32.1. The Bertz CT molecular complexity index is 1620. The first-order chi connectivity index (χ1) is 17.0. The molecular formula is C28H22N2O4S. The van der Waals surface area contributed by atoms with Crippen molar-refractivity contribution in [2.24, 2.45) is 0 Å². The molecule has 35 heavy (non-hydrogen) atoms. The van der Waals surface area contributed by atoms with Gasteiger partial charge in [-0.1, -0.05) is 66.7 Å². The summed E-state index contributed by atoms with van der Waals surface area (Å²) < 4.78 is 6.75. The van der Waals surface area contributed by atoms with Crippen LogP contribution in [0.15, 0.2) is 83.9 Å². The maximum atomic E-state index is 13.2. The highest BCUT2D eigenvalue weighted by molar-refractivity contribution is 7.20. The number of fused-ring (bicyclic) bond motifs is 2. The van der Waals surface area contributed by atoms with Crippen molar-refractivity contribution in [3.8, 4) is 0 Å². The van der Waals surface area contributed by atoms with E-state index >= 15 is 0 Å². The Morgan fingerprint density at radius 3 is 2.51 bits per heavy atom. The summed E-state index contributed by atoms with van der Waals surface area (Å²) >= 11 is 1.13. The maximum absolute atomic E-state index is 13.2. The third-order valence-corrected chi connectivity index (χ3v) is 7.13. The zero-order valence-corrected chi connectivity index (χ0v) is 19.9. The Labute approximate surface area is 205 Å². The van der Waals surface area contributed by atoms with Gasteiger partial charge in [-0.25, -0.2) is 9.78 Å². The second kappa shape index (κ2) is 9.64. The lowest BCUT2D eigenvalue weighted by molar-refractivity contribution is 0.0514. The average Bonchev–Trinajstić information content (AvgIpc) is 3.23. The monoisotopic (exact) mass is 482 g/mol. The molecule has 0 saturated heterocycles. The largest absolute Gasteiger partial charge is 0.461 e. The van der Waals surface area contributed by atoms with Crippen molar-refractivity contribution in [3.05, 3.63) is 111 Å². The molecule has 0 amide bonds. The van der Waals surface area contributed by atoms with Crippen LogP contribution < -0.4 is 5.56 Å². The van der Waals surface area contributed by atoms with Crippen LogP contribution in [0.25, 0.3) is 21.0 Å². The molecule has 0 aliphatic rings. The van der Waals surface area contributed by atoms with Gasteiger partial charge in [0.2, 0.25) is 0 Å². The zero-order chi connectivity index (χ0) is 24.4. The molecule has 0 N–H and O–H groups in total. The molecule has 3 aromatic carbocycles. The molecule has 2 heterocycles. The summed E-state index contributed by atoms with van der Waals surface area (Å²) in [7, 11) is 0. The Balaban J connectivity index is 1.35. The average molecular weight is 483 g/mol. The number of aromatic nitrogens is 2. The highest BCUT2D eigenvalue weighted by Gasteiger charge is 2.21. The van der Waals surface area contributed by atoms with E-state index in [9.17, 15) is 14.4 Å². The van der Waals surface area contributed by atoms with Crippen LogP contribution in [0.4, 0.5) is 0 Å². The molecule has 0 fully saturated rings. The molecule has 0 saturated carbocycles. The number of benzene rings is 3. The van der Waals surface area contributed by atoms with E-state index in [1.54, 1.807) is 13.0 Å². The highest BCUT2D eigenvalue weighted by Crippen LogP contribution is 2.27. The Kier molecular flexibility index (Phi) is 6.25. The molecule has 7 heteroatoms. The van der Waals surface area contributed by atoms with E-state index in [2.05, 4.69) is 4.98 Å². The minimum Gasteiger partial charge on any atom is -0.461 e. The topological polar surface area (TPSA) is 78.3 Å². The molecule has 174 valence electrons. The van der Waals surface area contributed by atoms with Crippen molar-refractivity contribution >= 4 is 44.1 Å². The normalized spacial score (nSPS) is 11.1. The molecule has 6 nitrogen and oxygen atoms in total. The predicted octanol–water partition coefficient (Wildman–Crippen LogP) is 5.20. The van der Waals surface area contributed by atoms with Crippen LogP contribution in [0.3, 0.4) is 0 Å². The first kappa shape index (κ1) is 22.7. The van der Waals surface area contributed by atoms with Crippen LogP contribution in [0.2, 0.25) is 0 Å². The smallest absolute Gasteiger partial charge is 0.348 e. The third kappa shape index (κ3) is 4.63. The number of hydrogen-bond acceptors (Lipinski definition) is 6. The number of ketones is 1. The summed E-state index contributed by atoms with van der Waals surface area (Å²) in [5.74, 6) is -0.660. The van der Waals surface area contributed by atoms with E-state index in [1.165, 1.54) is 10.9 Å². The summed E-state index contributed by atoms with van der Waals surface area (Å²) in [5, 5.41) is 2.35. The Hall–Kier alpha value is -4.10. The van der Waals surface area contributed by atoms with Gasteiger partial charge < -0.3 is 4.74 Å². The van der Waals surface area contributed by atoms with E-state index in [1.807, 2.05) is 66.7 Å². The van der Waals surface area contributed by atoms with Crippen molar-refractivity contribution < 1.29 is 14.3 Å². The van der Waals surface area contributed by atoms with Gasteiger partial charge in [0.25, 0.3) is 5.56 Å². The van der Waals surface area contributed by atoms with E-state index in [0.717, 1.165) is 27.7 Å². The predicted molar refractivity (Wildman–Crippen MR) is 137 cm³/mol. The van der Waals surface area contributed by atoms with Crippen LogP contribution in [0.1, 0.15) is 31.2 Å². The first-order valence-electron chi connectivity index (χ1n) is 11.2. The van der Waals surface area contributed by atoms with E-state index < -0.39 is 5.97 Å². The van der Waals surface area contributed by atoms with E-state index in [4.69, 9.17) is 4.74 Å². The Morgan fingerprint density at radius 1 is 0.971 bits per heavy atom. The van der Waals surface area contributed by atoms with Crippen molar-refractivity contribution in [1.29, 1.82) is 0 Å². The fraction of sp³-hybridized carbons (Fsp3) is 0.143. The van der Waals surface area contributed by atoms with Crippen molar-refractivity contribution in [3.63, 3.8) is 0 Å². The maximum Gasteiger partial charge on any atom is 0.348 e. The minimum atomic E-state index is -0.473. The van der Waals surface area contributed by atoms with Crippen LogP contribution >= 0.6 is 11.3 Å². The first-order valence-corrected chi connectivity index (χ1v) is 12.0. The van der Waals surface area contributed by atoms with Crippen LogP contribution in [-0.4, -0.2) is 27.9 Å². The number of esters is 1. The van der Waals surface area contributed by atoms with Gasteiger partial charge in [-0.15, -0.1) is 11.3 Å². The number of rotatable bonds is 7. The molecule has 0 unspecified atom stereocenters. The number of hydrogen-bond donors (Lipinski definition) is 0. The lowest BCUT2D eigenvalue weighted by Gasteiger charge is -2.06. The second-order valence-electron chi connectivity index (χ2n) is 8.27. The summed E-state index contributed by atoms with van der Waals surface area (Å²) in [6.07, 6.45) is 1.97. The van der Waals surface area contributed by atoms with Crippen LogP contribution in [0, 0.1) is 6.92 Å².